The van der Waals surface area contributed by atoms with Crippen molar-refractivity contribution in [3.63, 3.8) is 0 Å². The van der Waals surface area contributed by atoms with Gasteiger partial charge in [-0.15, -0.1) is 0 Å². The highest BCUT2D eigenvalue weighted by Crippen LogP contribution is 2.15. The van der Waals surface area contributed by atoms with Crippen LogP contribution in [0, 0.1) is 0 Å². The molecule has 0 bridgehead atoms. The molecule has 2 radical (unpaired) electrons. The molecule has 0 aliphatic carbocycles. The lowest BCUT2D eigenvalue weighted by molar-refractivity contribution is -0.0276. The largest absolute Gasteiger partial charge is 0.400 e. The second-order valence-electron chi connectivity index (χ2n) is 3.29. The van der Waals surface area contributed by atoms with E-state index in [-0.39, 0.29) is 25.5 Å². The van der Waals surface area contributed by atoms with E-state index in [1.54, 1.807) is 0 Å². The van der Waals surface area contributed by atoms with E-state index in [0.717, 1.165) is 20.0 Å². The Kier molecular flexibility index (Phi) is 18.8. The van der Waals surface area contributed by atoms with E-state index in [1.807, 2.05) is 6.92 Å². The monoisotopic (exact) mass is 264 g/mol. The van der Waals surface area contributed by atoms with E-state index in [4.69, 9.17) is 32.6 Å². The van der Waals surface area contributed by atoms with E-state index in [0.29, 0.717) is 19.8 Å². The highest BCUT2D eigenvalue weighted by molar-refractivity contribution is 6.11. The van der Waals surface area contributed by atoms with Gasteiger partial charge in [0.05, 0.1) is 25.9 Å². The van der Waals surface area contributed by atoms with Gasteiger partial charge in [0.2, 0.25) is 0 Å². The Morgan fingerprint density at radius 2 is 1.78 bits per heavy atom. The van der Waals surface area contributed by atoms with Gasteiger partial charge in [-0.2, -0.15) is 0 Å². The average molecular weight is 264 g/mol. The van der Waals surface area contributed by atoms with Crippen LogP contribution in [-0.2, 0) is 14.2 Å². The first-order valence-electron chi connectivity index (χ1n) is 5.97. The van der Waals surface area contributed by atoms with Crippen molar-refractivity contribution in [2.45, 2.75) is 31.9 Å². The van der Waals surface area contributed by atoms with Crippen LogP contribution in [0.2, 0.25) is 0 Å². The van der Waals surface area contributed by atoms with Crippen molar-refractivity contribution in [2.24, 2.45) is 0 Å². The van der Waals surface area contributed by atoms with Crippen LogP contribution >= 0.6 is 0 Å². The summed E-state index contributed by atoms with van der Waals surface area (Å²) in [6, 6.07) is -0.132. The minimum atomic E-state index is -0.215. The summed E-state index contributed by atoms with van der Waals surface area (Å²) in [5, 5.41) is 23.6. The van der Waals surface area contributed by atoms with Gasteiger partial charge in [-0.3, -0.25) is 0 Å². The molecule has 1 saturated heterocycles. The molecular formula is C11H25BO6. The predicted molar refractivity (Wildman–Crippen MR) is 68.4 cm³/mol. The van der Waals surface area contributed by atoms with Gasteiger partial charge in [-0.1, -0.05) is 0 Å². The molecule has 1 aliphatic heterocycles. The van der Waals surface area contributed by atoms with Gasteiger partial charge in [0, 0.05) is 19.7 Å². The number of aliphatic hydroxyl groups is 3. The summed E-state index contributed by atoms with van der Waals surface area (Å²) in [5.74, 6) is 0. The van der Waals surface area contributed by atoms with Crippen LogP contribution in [0.25, 0.3) is 0 Å². The smallest absolute Gasteiger partial charge is 0.143 e. The molecule has 0 spiro atoms. The van der Waals surface area contributed by atoms with E-state index in [9.17, 15) is 0 Å². The van der Waals surface area contributed by atoms with Gasteiger partial charge >= 0.3 is 0 Å². The van der Waals surface area contributed by atoms with Crippen molar-refractivity contribution >= 4 is 7.85 Å². The summed E-state index contributed by atoms with van der Waals surface area (Å²) in [5.41, 5.74) is 0. The van der Waals surface area contributed by atoms with Gasteiger partial charge in [0.15, 0.2) is 0 Å². The van der Waals surface area contributed by atoms with Gasteiger partial charge in [-0.05, 0) is 19.8 Å². The normalized spacial score (nSPS) is 21.6. The van der Waals surface area contributed by atoms with Crippen molar-refractivity contribution in [1.29, 1.82) is 0 Å². The maximum absolute atomic E-state index is 8.50. The molecule has 18 heavy (non-hydrogen) atoms. The maximum atomic E-state index is 8.50. The third kappa shape index (κ3) is 13.9. The standard InChI is InChI=1S/C5H9BO2.C5H12O3.CH4O/c6-5-2-1-4(3-7)8-5;1-2-7-3-4-8-5-6;1-2/h4-5,7H,1-3H2;6H,2-5H2,1H3;2H,1H3. The Bertz CT molecular complexity index is 143. The summed E-state index contributed by atoms with van der Waals surface area (Å²) in [6.45, 7) is 3.55. The fraction of sp³-hybridized carbons (Fsp3) is 1.00. The first kappa shape index (κ1) is 20.1. The Morgan fingerprint density at radius 3 is 2.11 bits per heavy atom. The third-order valence-electron chi connectivity index (χ3n) is 2.01. The van der Waals surface area contributed by atoms with Crippen molar-refractivity contribution in [2.75, 3.05) is 40.3 Å². The lowest BCUT2D eigenvalue weighted by Crippen LogP contribution is -2.13. The molecule has 108 valence electrons. The first-order valence-corrected chi connectivity index (χ1v) is 5.97. The van der Waals surface area contributed by atoms with E-state index < -0.39 is 0 Å². The van der Waals surface area contributed by atoms with Crippen molar-refractivity contribution < 1.29 is 29.5 Å². The molecule has 3 N–H and O–H groups in total. The Hall–Kier alpha value is -0.175. The summed E-state index contributed by atoms with van der Waals surface area (Å²) >= 11 is 0. The van der Waals surface area contributed by atoms with Gasteiger partial charge in [0.1, 0.15) is 14.6 Å². The van der Waals surface area contributed by atoms with E-state index in [1.165, 1.54) is 0 Å². The third-order valence-corrected chi connectivity index (χ3v) is 2.01. The molecule has 0 saturated carbocycles. The Morgan fingerprint density at radius 1 is 1.17 bits per heavy atom. The first-order chi connectivity index (χ1) is 8.74. The second-order valence-corrected chi connectivity index (χ2v) is 3.29. The summed E-state index contributed by atoms with van der Waals surface area (Å²) < 4.78 is 14.5. The molecule has 1 fully saturated rings. The zero-order chi connectivity index (χ0) is 14.2. The van der Waals surface area contributed by atoms with Crippen LogP contribution < -0.4 is 0 Å². The molecule has 1 rings (SSSR count). The van der Waals surface area contributed by atoms with Crippen molar-refractivity contribution in [3.05, 3.63) is 0 Å². The summed E-state index contributed by atoms with van der Waals surface area (Å²) in [6.07, 6.45) is 1.79. The lowest BCUT2D eigenvalue weighted by atomic mass is 9.97. The van der Waals surface area contributed by atoms with Crippen LogP contribution in [0.15, 0.2) is 0 Å². The number of ether oxygens (including phenoxy) is 3. The highest BCUT2D eigenvalue weighted by Gasteiger charge is 2.19. The zero-order valence-corrected chi connectivity index (χ0v) is 11.2. The van der Waals surface area contributed by atoms with Gasteiger partial charge in [0.25, 0.3) is 0 Å². The fourth-order valence-electron chi connectivity index (χ4n) is 1.19. The molecule has 1 heterocycles. The van der Waals surface area contributed by atoms with Gasteiger partial charge in [-0.25, -0.2) is 0 Å². The molecule has 7 heteroatoms. The van der Waals surface area contributed by atoms with Gasteiger partial charge < -0.3 is 29.5 Å². The van der Waals surface area contributed by atoms with Crippen LogP contribution in [0.5, 0.6) is 0 Å². The lowest BCUT2D eigenvalue weighted by Gasteiger charge is -2.05. The summed E-state index contributed by atoms with van der Waals surface area (Å²) in [7, 11) is 6.37. The molecule has 6 nitrogen and oxygen atoms in total. The number of rotatable bonds is 6. The molecule has 0 aromatic heterocycles. The molecule has 0 aromatic rings. The molecule has 2 unspecified atom stereocenters. The zero-order valence-electron chi connectivity index (χ0n) is 11.2. The molecule has 1 aliphatic rings. The molecule has 0 aromatic carbocycles. The van der Waals surface area contributed by atoms with Crippen LogP contribution in [0.1, 0.15) is 19.8 Å². The minimum absolute atomic E-state index is 0.00463. The van der Waals surface area contributed by atoms with Crippen LogP contribution in [-0.4, -0.2) is 75.6 Å². The number of hydrogen-bond acceptors (Lipinski definition) is 6. The highest BCUT2D eigenvalue weighted by atomic mass is 16.6. The summed E-state index contributed by atoms with van der Waals surface area (Å²) in [4.78, 5) is 0. The van der Waals surface area contributed by atoms with Crippen LogP contribution in [0.4, 0.5) is 0 Å². The Labute approximate surface area is 110 Å². The Balaban J connectivity index is 0. The molecule has 0 amide bonds. The minimum Gasteiger partial charge on any atom is -0.400 e. The molecular weight excluding hydrogens is 239 g/mol. The number of hydrogen-bond donors (Lipinski definition) is 3. The fourth-order valence-corrected chi connectivity index (χ4v) is 1.19. The maximum Gasteiger partial charge on any atom is 0.143 e. The van der Waals surface area contributed by atoms with Crippen molar-refractivity contribution in [3.8, 4) is 0 Å². The average Bonchev–Trinajstić information content (AvgIpc) is 2.84. The SMILES string of the molecule is CCOCCOCO.CO.[B]C1CCC(CO)O1. The second kappa shape index (κ2) is 16.8. The topological polar surface area (TPSA) is 88.4 Å². The quantitative estimate of drug-likeness (QED) is 0.332. The van der Waals surface area contributed by atoms with E-state index in [2.05, 4.69) is 4.74 Å². The number of aliphatic hydroxyl groups excluding tert-OH is 3. The van der Waals surface area contributed by atoms with Crippen molar-refractivity contribution in [1.82, 2.24) is 0 Å². The van der Waals surface area contributed by atoms with E-state index >= 15 is 0 Å². The predicted octanol–water partition coefficient (Wildman–Crippen LogP) is -0.750. The van der Waals surface area contributed by atoms with Crippen LogP contribution in [0.3, 0.4) is 0 Å². The molecule has 2 atom stereocenters.